The molecule has 11 nitrogen and oxygen atoms in total. The molecular weight excluding hydrogens is 611 g/mol. The number of alkyl halides is 3. The number of aromatic carboxylic acids is 1. The molecule has 0 bridgehead atoms. The number of amides is 1. The fraction of sp³-hybridized carbons (Fsp3) is 0.267. The SMILES string of the molecule is Cc1ccc(NC(=O)c2cccc(C(F)(F)F)c2)cc1N.O=C(O)c1cnc(Nc2cc(N3CCN(CCO)CC3)ccn2)s1. The summed E-state index contributed by atoms with van der Waals surface area (Å²) in [5.74, 6) is -0.969. The Kier molecular flexibility index (Phi) is 10.9. The van der Waals surface area contributed by atoms with Gasteiger partial charge < -0.3 is 31.5 Å². The van der Waals surface area contributed by atoms with E-state index in [-0.39, 0.29) is 17.0 Å². The van der Waals surface area contributed by atoms with E-state index in [0.717, 1.165) is 60.9 Å². The minimum absolute atomic E-state index is 0.0658. The summed E-state index contributed by atoms with van der Waals surface area (Å²) >= 11 is 1.08. The molecule has 2 aromatic heterocycles. The molecule has 45 heavy (non-hydrogen) atoms. The average Bonchev–Trinajstić information content (AvgIpc) is 3.49. The highest BCUT2D eigenvalue weighted by atomic mass is 32.1. The minimum atomic E-state index is -4.48. The first-order valence-electron chi connectivity index (χ1n) is 13.8. The van der Waals surface area contributed by atoms with E-state index in [0.29, 0.717) is 28.9 Å². The predicted octanol–water partition coefficient (Wildman–Crippen LogP) is 4.94. The first-order valence-corrected chi connectivity index (χ1v) is 14.6. The number of aliphatic hydroxyl groups excluding tert-OH is 1. The third kappa shape index (κ3) is 9.38. The number of carboxylic acid groups (broad SMARTS) is 1. The summed E-state index contributed by atoms with van der Waals surface area (Å²) in [4.78, 5) is 35.9. The second-order valence-corrected chi connectivity index (χ2v) is 11.0. The number of nitrogen functional groups attached to an aromatic ring is 1. The van der Waals surface area contributed by atoms with Crippen LogP contribution >= 0.6 is 11.3 Å². The number of pyridine rings is 1. The maximum absolute atomic E-state index is 12.6. The number of anilines is 5. The second-order valence-electron chi connectivity index (χ2n) is 10.0. The van der Waals surface area contributed by atoms with Gasteiger partial charge in [-0.1, -0.05) is 23.5 Å². The fourth-order valence-corrected chi connectivity index (χ4v) is 5.02. The molecule has 238 valence electrons. The van der Waals surface area contributed by atoms with Gasteiger partial charge in [0.15, 0.2) is 5.13 Å². The van der Waals surface area contributed by atoms with Crippen LogP contribution in [0.25, 0.3) is 0 Å². The number of aliphatic hydroxyl groups is 1. The molecular formula is C30H32F3N7O4S. The molecule has 1 aliphatic rings. The van der Waals surface area contributed by atoms with Gasteiger partial charge in [-0.3, -0.25) is 9.69 Å². The number of carbonyl (C=O) groups is 2. The number of piperazine rings is 1. The van der Waals surface area contributed by atoms with E-state index in [4.69, 9.17) is 15.9 Å². The highest BCUT2D eigenvalue weighted by Crippen LogP contribution is 2.30. The van der Waals surface area contributed by atoms with E-state index >= 15 is 0 Å². The topological polar surface area (TPSA) is 157 Å². The maximum atomic E-state index is 12.6. The van der Waals surface area contributed by atoms with Crippen molar-refractivity contribution in [2.24, 2.45) is 0 Å². The molecule has 0 spiro atoms. The number of nitrogens with zero attached hydrogens (tertiary/aromatic N) is 4. The first-order chi connectivity index (χ1) is 21.4. The van der Waals surface area contributed by atoms with Gasteiger partial charge in [0.2, 0.25) is 0 Å². The number of β-amino-alcohol motifs (C(OH)–C–C–N with tert-alkyl or cyclic N) is 1. The van der Waals surface area contributed by atoms with Gasteiger partial charge in [-0.05, 0) is 48.9 Å². The molecule has 1 fully saturated rings. The van der Waals surface area contributed by atoms with Gasteiger partial charge in [0.1, 0.15) is 10.7 Å². The number of aryl methyl sites for hydroxylation is 1. The van der Waals surface area contributed by atoms with Crippen molar-refractivity contribution in [3.63, 3.8) is 0 Å². The van der Waals surface area contributed by atoms with Crippen molar-refractivity contribution in [1.82, 2.24) is 14.9 Å². The van der Waals surface area contributed by atoms with Crippen LogP contribution in [-0.2, 0) is 6.18 Å². The Hall–Kier alpha value is -4.73. The normalized spacial score (nSPS) is 13.5. The molecule has 4 aromatic rings. The minimum Gasteiger partial charge on any atom is -0.477 e. The van der Waals surface area contributed by atoms with Crippen LogP contribution < -0.4 is 21.3 Å². The van der Waals surface area contributed by atoms with Crippen molar-refractivity contribution in [1.29, 1.82) is 0 Å². The smallest absolute Gasteiger partial charge is 0.416 e. The maximum Gasteiger partial charge on any atom is 0.416 e. The lowest BCUT2D eigenvalue weighted by molar-refractivity contribution is -0.137. The molecule has 6 N–H and O–H groups in total. The molecule has 1 aliphatic heterocycles. The van der Waals surface area contributed by atoms with Crippen LogP contribution in [0.2, 0.25) is 0 Å². The van der Waals surface area contributed by atoms with Crippen LogP contribution in [0, 0.1) is 6.92 Å². The number of nitrogens with two attached hydrogens (primary N) is 1. The fourth-order valence-electron chi connectivity index (χ4n) is 4.35. The average molecular weight is 644 g/mol. The zero-order valence-electron chi connectivity index (χ0n) is 24.2. The van der Waals surface area contributed by atoms with Gasteiger partial charge in [-0.2, -0.15) is 13.2 Å². The predicted molar refractivity (Wildman–Crippen MR) is 167 cm³/mol. The summed E-state index contributed by atoms with van der Waals surface area (Å²) in [7, 11) is 0. The van der Waals surface area contributed by atoms with Gasteiger partial charge in [0.25, 0.3) is 5.91 Å². The zero-order chi connectivity index (χ0) is 32.6. The standard InChI is InChI=1S/C15H13F3N2O.C15H19N5O3S/c1-9-5-6-12(8-13(9)19)20-14(21)10-3-2-4-11(7-10)15(16,17)18;21-8-7-19-3-5-20(6-4-19)11-1-2-16-13(9-11)18-15-17-10-12(24-15)14(22)23/h2-8H,19H2,1H3,(H,20,21);1-2,9-10,21H,3-8H2,(H,22,23)(H,16,17,18). The molecule has 1 saturated heterocycles. The quantitative estimate of drug-likeness (QED) is 0.167. The number of aromatic nitrogens is 2. The van der Waals surface area contributed by atoms with Crippen LogP contribution in [0.4, 0.5) is 41.2 Å². The summed E-state index contributed by atoms with van der Waals surface area (Å²) in [6.45, 7) is 6.34. The highest BCUT2D eigenvalue weighted by Gasteiger charge is 2.31. The van der Waals surface area contributed by atoms with E-state index in [2.05, 4.69) is 30.4 Å². The van der Waals surface area contributed by atoms with Gasteiger partial charge in [-0.15, -0.1) is 0 Å². The first kappa shape index (κ1) is 33.2. The van der Waals surface area contributed by atoms with E-state index < -0.39 is 23.6 Å². The summed E-state index contributed by atoms with van der Waals surface area (Å²) in [5, 5.41) is 24.0. The Balaban J connectivity index is 0.000000207. The number of nitrogens with one attached hydrogen (secondary N) is 2. The largest absolute Gasteiger partial charge is 0.477 e. The Morgan fingerprint density at radius 3 is 2.44 bits per heavy atom. The number of carboxylic acids is 1. The highest BCUT2D eigenvalue weighted by molar-refractivity contribution is 7.17. The van der Waals surface area contributed by atoms with Crippen molar-refractivity contribution >= 4 is 51.2 Å². The number of carbonyl (C=O) groups excluding carboxylic acids is 1. The Labute approximate surface area is 261 Å². The summed E-state index contributed by atoms with van der Waals surface area (Å²) in [6, 6.07) is 13.0. The molecule has 0 aliphatic carbocycles. The molecule has 1 amide bonds. The molecule has 0 saturated carbocycles. The summed E-state index contributed by atoms with van der Waals surface area (Å²) in [6.07, 6.45) is -1.42. The third-order valence-corrected chi connectivity index (χ3v) is 7.74. The van der Waals surface area contributed by atoms with Gasteiger partial charge in [0.05, 0.1) is 18.4 Å². The number of hydrogen-bond donors (Lipinski definition) is 5. The van der Waals surface area contributed by atoms with E-state index in [9.17, 15) is 22.8 Å². The van der Waals surface area contributed by atoms with Crippen molar-refractivity contribution in [3.8, 4) is 0 Å². The molecule has 0 atom stereocenters. The van der Waals surface area contributed by atoms with Crippen molar-refractivity contribution < 1.29 is 33.0 Å². The van der Waals surface area contributed by atoms with Gasteiger partial charge in [0, 0.05) is 67.6 Å². The molecule has 0 unspecified atom stereocenters. The number of rotatable bonds is 8. The van der Waals surface area contributed by atoms with Crippen LogP contribution in [-0.4, -0.2) is 76.3 Å². The third-order valence-electron chi connectivity index (χ3n) is 6.84. The molecule has 5 rings (SSSR count). The number of benzene rings is 2. The van der Waals surface area contributed by atoms with E-state index in [1.807, 2.05) is 19.1 Å². The van der Waals surface area contributed by atoms with E-state index in [1.54, 1.807) is 24.4 Å². The van der Waals surface area contributed by atoms with Crippen molar-refractivity contribution in [3.05, 3.63) is 88.6 Å². The number of hydrogen-bond acceptors (Lipinski definition) is 10. The Morgan fingerprint density at radius 1 is 1.04 bits per heavy atom. The molecule has 2 aromatic carbocycles. The Bertz CT molecular complexity index is 1630. The zero-order valence-corrected chi connectivity index (χ0v) is 25.0. The van der Waals surface area contributed by atoms with Crippen LogP contribution in [0.15, 0.2) is 67.0 Å². The van der Waals surface area contributed by atoms with Crippen LogP contribution in [0.5, 0.6) is 0 Å². The number of halogens is 3. The van der Waals surface area contributed by atoms with E-state index in [1.165, 1.54) is 18.3 Å². The lowest BCUT2D eigenvalue weighted by Crippen LogP contribution is -2.47. The molecule has 0 radical (unpaired) electrons. The van der Waals surface area contributed by atoms with Crippen molar-refractivity contribution in [2.75, 3.05) is 60.6 Å². The van der Waals surface area contributed by atoms with Gasteiger partial charge >= 0.3 is 12.1 Å². The van der Waals surface area contributed by atoms with Gasteiger partial charge in [-0.25, -0.2) is 14.8 Å². The lowest BCUT2D eigenvalue weighted by atomic mass is 10.1. The summed E-state index contributed by atoms with van der Waals surface area (Å²) in [5.41, 5.74) is 7.63. The molecule has 3 heterocycles. The van der Waals surface area contributed by atoms with Crippen molar-refractivity contribution in [2.45, 2.75) is 13.1 Å². The van der Waals surface area contributed by atoms with Crippen LogP contribution in [0.3, 0.4) is 0 Å². The molecule has 15 heteroatoms. The lowest BCUT2D eigenvalue weighted by Gasteiger charge is -2.35. The summed E-state index contributed by atoms with van der Waals surface area (Å²) < 4.78 is 37.8. The Morgan fingerprint density at radius 2 is 1.80 bits per heavy atom. The monoisotopic (exact) mass is 643 g/mol. The second kappa shape index (κ2) is 14.8. The number of thiazole rings is 1. The van der Waals surface area contributed by atoms with Crippen LogP contribution in [0.1, 0.15) is 31.2 Å².